The van der Waals surface area contributed by atoms with E-state index in [1.54, 1.807) is 22.8 Å². The summed E-state index contributed by atoms with van der Waals surface area (Å²) in [5.74, 6) is -1.01. The number of rotatable bonds is 3. The predicted octanol–water partition coefficient (Wildman–Crippen LogP) is 1.18. The number of aliphatic hydroxyl groups excluding tert-OH is 1. The maximum atomic E-state index is 14.2. The minimum Gasteiger partial charge on any atom is -0.378 e. The highest BCUT2D eigenvalue weighted by atomic mass is 19.1. The zero-order valence-electron chi connectivity index (χ0n) is 11.7. The van der Waals surface area contributed by atoms with Gasteiger partial charge >= 0.3 is 0 Å². The van der Waals surface area contributed by atoms with Crippen molar-refractivity contribution in [2.24, 2.45) is 7.05 Å². The Balaban J connectivity index is 1.89. The van der Waals surface area contributed by atoms with Crippen LogP contribution in [-0.2, 0) is 18.4 Å². The Morgan fingerprint density at radius 2 is 2.29 bits per heavy atom. The summed E-state index contributed by atoms with van der Waals surface area (Å²) in [5, 5.41) is 16.2. The van der Waals surface area contributed by atoms with Gasteiger partial charge in [0.1, 0.15) is 5.82 Å². The third kappa shape index (κ3) is 2.36. The van der Waals surface area contributed by atoms with Crippen molar-refractivity contribution in [1.29, 1.82) is 0 Å². The zero-order chi connectivity index (χ0) is 15.1. The first-order valence-corrected chi connectivity index (χ1v) is 6.46. The average Bonchev–Trinajstić information content (AvgIpc) is 2.95. The second kappa shape index (κ2) is 4.85. The minimum atomic E-state index is -1.30. The second-order valence-electron chi connectivity index (χ2n) is 5.16. The molecule has 0 aliphatic carbocycles. The zero-order valence-corrected chi connectivity index (χ0v) is 11.7. The quantitative estimate of drug-likeness (QED) is 0.890. The van der Waals surface area contributed by atoms with Crippen molar-refractivity contribution in [1.82, 2.24) is 9.78 Å². The van der Waals surface area contributed by atoms with Crippen LogP contribution in [0, 0.1) is 5.82 Å². The maximum Gasteiger partial charge on any atom is 0.257 e. The predicted molar refractivity (Wildman–Crippen MR) is 75.3 cm³/mol. The van der Waals surface area contributed by atoms with Crippen LogP contribution in [0.1, 0.15) is 17.2 Å². The number of fused-ring (bicyclic) bond motifs is 1. The molecular weight excluding hydrogens is 275 g/mol. The van der Waals surface area contributed by atoms with Crippen molar-refractivity contribution in [2.45, 2.75) is 12.6 Å². The van der Waals surface area contributed by atoms with E-state index in [9.17, 15) is 14.3 Å². The lowest BCUT2D eigenvalue weighted by Crippen LogP contribution is -2.17. The van der Waals surface area contributed by atoms with Crippen LogP contribution >= 0.6 is 0 Å². The molecule has 0 saturated carbocycles. The van der Waals surface area contributed by atoms with Gasteiger partial charge in [0.2, 0.25) is 0 Å². The summed E-state index contributed by atoms with van der Waals surface area (Å²) in [6.45, 7) is 0.486. The van der Waals surface area contributed by atoms with Crippen molar-refractivity contribution in [3.05, 3.63) is 41.5 Å². The number of amides is 1. The van der Waals surface area contributed by atoms with Crippen molar-refractivity contribution < 1.29 is 14.3 Å². The van der Waals surface area contributed by atoms with Gasteiger partial charge in [0.25, 0.3) is 5.91 Å². The third-order valence-corrected chi connectivity index (χ3v) is 3.51. The number of nitrogens with one attached hydrogen (secondary N) is 1. The molecule has 1 aliphatic rings. The van der Waals surface area contributed by atoms with Gasteiger partial charge in [-0.25, -0.2) is 4.39 Å². The number of anilines is 2. The topological polar surface area (TPSA) is 70.4 Å². The molecule has 1 aromatic heterocycles. The Morgan fingerprint density at radius 3 is 2.95 bits per heavy atom. The fourth-order valence-corrected chi connectivity index (χ4v) is 2.46. The van der Waals surface area contributed by atoms with E-state index in [0.717, 1.165) is 5.56 Å². The molecule has 110 valence electrons. The fourth-order valence-electron chi connectivity index (χ4n) is 2.46. The standard InChI is InChI=1S/C14H15FN4O2/c1-18(6-8-5-16-19(2)7-8)12-4-11-9(3-10(12)15)13(20)14(21)17-11/h3-5,7,13,20H,6H2,1-2H3,(H,17,21). The van der Waals surface area contributed by atoms with Crippen molar-refractivity contribution in [3.63, 3.8) is 0 Å². The Hall–Kier alpha value is -2.41. The number of benzene rings is 1. The first-order valence-electron chi connectivity index (χ1n) is 6.46. The molecule has 0 bridgehead atoms. The maximum absolute atomic E-state index is 14.2. The normalized spacial score (nSPS) is 16.8. The van der Waals surface area contributed by atoms with Gasteiger partial charge in [-0.05, 0) is 12.1 Å². The molecule has 0 saturated heterocycles. The largest absolute Gasteiger partial charge is 0.378 e. The van der Waals surface area contributed by atoms with Crippen LogP contribution in [-0.4, -0.2) is 27.8 Å². The van der Waals surface area contributed by atoms with E-state index in [4.69, 9.17) is 0 Å². The summed E-state index contributed by atoms with van der Waals surface area (Å²) in [6, 6.07) is 2.74. The van der Waals surface area contributed by atoms with Crippen molar-refractivity contribution in [2.75, 3.05) is 17.3 Å². The van der Waals surface area contributed by atoms with Crippen LogP contribution in [0.5, 0.6) is 0 Å². The SMILES string of the molecule is CN(Cc1cnn(C)c1)c1cc2c(cc1F)C(O)C(=O)N2. The molecule has 2 aromatic rings. The van der Waals surface area contributed by atoms with Gasteiger partial charge in [0.15, 0.2) is 6.10 Å². The number of nitrogens with zero attached hydrogens (tertiary/aromatic N) is 3. The van der Waals surface area contributed by atoms with Crippen LogP contribution in [0.3, 0.4) is 0 Å². The number of aryl methyl sites for hydroxylation is 1. The number of aliphatic hydroxyl groups is 1. The van der Waals surface area contributed by atoms with E-state index < -0.39 is 17.8 Å². The highest BCUT2D eigenvalue weighted by Gasteiger charge is 2.30. The lowest BCUT2D eigenvalue weighted by Gasteiger charge is -2.20. The molecule has 6 nitrogen and oxygen atoms in total. The summed E-state index contributed by atoms with van der Waals surface area (Å²) in [7, 11) is 3.57. The van der Waals surface area contributed by atoms with Gasteiger partial charge in [0, 0.05) is 43.7 Å². The molecule has 0 spiro atoms. The number of hydrogen-bond donors (Lipinski definition) is 2. The molecule has 0 radical (unpaired) electrons. The molecule has 21 heavy (non-hydrogen) atoms. The second-order valence-corrected chi connectivity index (χ2v) is 5.16. The van der Waals surface area contributed by atoms with E-state index in [0.29, 0.717) is 17.9 Å². The van der Waals surface area contributed by atoms with Gasteiger partial charge in [0.05, 0.1) is 11.9 Å². The summed E-state index contributed by atoms with van der Waals surface area (Å²) in [5.41, 5.74) is 2.02. The monoisotopic (exact) mass is 290 g/mol. The molecule has 1 atom stereocenters. The van der Waals surface area contributed by atoms with Gasteiger partial charge in [-0.2, -0.15) is 5.10 Å². The fraction of sp³-hybridized carbons (Fsp3) is 0.286. The van der Waals surface area contributed by atoms with E-state index in [1.807, 2.05) is 13.2 Å². The van der Waals surface area contributed by atoms with Gasteiger partial charge in [-0.1, -0.05) is 0 Å². The molecule has 2 heterocycles. The lowest BCUT2D eigenvalue weighted by atomic mass is 10.1. The Morgan fingerprint density at radius 1 is 1.52 bits per heavy atom. The highest BCUT2D eigenvalue weighted by molar-refractivity contribution is 6.02. The first-order chi connectivity index (χ1) is 9.95. The van der Waals surface area contributed by atoms with Crippen molar-refractivity contribution in [3.8, 4) is 0 Å². The van der Waals surface area contributed by atoms with Crippen LogP contribution in [0.15, 0.2) is 24.5 Å². The van der Waals surface area contributed by atoms with Gasteiger partial charge in [-0.15, -0.1) is 0 Å². The number of carbonyl (C=O) groups is 1. The Kier molecular flexibility index (Phi) is 3.13. The summed E-state index contributed by atoms with van der Waals surface area (Å²) < 4.78 is 15.9. The Bertz CT molecular complexity index is 713. The summed E-state index contributed by atoms with van der Waals surface area (Å²) in [6.07, 6.45) is 2.27. The van der Waals surface area contributed by atoms with Crippen LogP contribution in [0.2, 0.25) is 0 Å². The molecular formula is C14H15FN4O2. The third-order valence-electron chi connectivity index (χ3n) is 3.51. The molecule has 1 amide bonds. The number of halogens is 1. The molecule has 7 heteroatoms. The van der Waals surface area contributed by atoms with Crippen LogP contribution < -0.4 is 10.2 Å². The molecule has 1 aliphatic heterocycles. The van der Waals surface area contributed by atoms with Gasteiger partial charge < -0.3 is 15.3 Å². The lowest BCUT2D eigenvalue weighted by molar-refractivity contribution is -0.123. The summed E-state index contributed by atoms with van der Waals surface area (Å²) in [4.78, 5) is 13.1. The first kappa shape index (κ1) is 13.6. The minimum absolute atomic E-state index is 0.274. The molecule has 1 aromatic carbocycles. The van der Waals surface area contributed by atoms with E-state index >= 15 is 0 Å². The van der Waals surface area contributed by atoms with Gasteiger partial charge in [-0.3, -0.25) is 9.48 Å². The van der Waals surface area contributed by atoms with Crippen LogP contribution in [0.4, 0.5) is 15.8 Å². The van der Waals surface area contributed by atoms with E-state index in [1.165, 1.54) is 12.1 Å². The number of hydrogen-bond acceptors (Lipinski definition) is 4. The van der Waals surface area contributed by atoms with E-state index in [-0.39, 0.29) is 5.56 Å². The number of carbonyl (C=O) groups excluding carboxylic acids is 1. The molecule has 3 rings (SSSR count). The smallest absolute Gasteiger partial charge is 0.257 e. The Labute approximate surface area is 120 Å². The van der Waals surface area contributed by atoms with Crippen LogP contribution in [0.25, 0.3) is 0 Å². The molecule has 2 N–H and O–H groups in total. The summed E-state index contributed by atoms with van der Waals surface area (Å²) >= 11 is 0. The van der Waals surface area contributed by atoms with Crippen molar-refractivity contribution >= 4 is 17.3 Å². The molecule has 0 fully saturated rings. The average molecular weight is 290 g/mol. The molecule has 1 unspecified atom stereocenters. The highest BCUT2D eigenvalue weighted by Crippen LogP contribution is 2.35. The number of aromatic nitrogens is 2. The van der Waals surface area contributed by atoms with E-state index in [2.05, 4.69) is 10.4 Å².